The molecule has 0 aliphatic heterocycles. The van der Waals surface area contributed by atoms with Crippen molar-refractivity contribution in [3.05, 3.63) is 42.0 Å². The largest absolute Gasteiger partial charge is 0.382 e. The molecule has 2 nitrogen and oxygen atoms in total. The van der Waals surface area contributed by atoms with Gasteiger partial charge in [-0.1, -0.05) is 30.7 Å². The standard InChI is InChI=1S/C17H18N2/c1-12(13-5-4-6-13)19-17-10-9-14(11-18)15-7-2-3-8-16(15)17/h2-3,7-10,12-13,19H,4-6H2,1H3. The molecule has 0 bridgehead atoms. The highest BCUT2D eigenvalue weighted by Crippen LogP contribution is 2.33. The summed E-state index contributed by atoms with van der Waals surface area (Å²) in [6.07, 6.45) is 4.04. The summed E-state index contributed by atoms with van der Waals surface area (Å²) < 4.78 is 0. The van der Waals surface area contributed by atoms with Crippen molar-refractivity contribution in [1.82, 2.24) is 0 Å². The molecule has 1 aliphatic carbocycles. The predicted molar refractivity (Wildman–Crippen MR) is 79.1 cm³/mol. The average Bonchev–Trinajstić information content (AvgIpc) is 2.37. The molecule has 2 aromatic rings. The number of hydrogen-bond donors (Lipinski definition) is 1. The van der Waals surface area contributed by atoms with E-state index < -0.39 is 0 Å². The Hall–Kier alpha value is -2.01. The minimum absolute atomic E-state index is 0.505. The van der Waals surface area contributed by atoms with Crippen LogP contribution in [-0.4, -0.2) is 6.04 Å². The number of hydrogen-bond acceptors (Lipinski definition) is 2. The summed E-state index contributed by atoms with van der Waals surface area (Å²) in [6, 6.07) is 14.9. The van der Waals surface area contributed by atoms with Gasteiger partial charge in [-0.3, -0.25) is 0 Å². The molecule has 1 atom stereocenters. The summed E-state index contributed by atoms with van der Waals surface area (Å²) in [7, 11) is 0. The van der Waals surface area contributed by atoms with Gasteiger partial charge >= 0.3 is 0 Å². The van der Waals surface area contributed by atoms with E-state index in [1.165, 1.54) is 19.3 Å². The van der Waals surface area contributed by atoms with E-state index in [2.05, 4.69) is 24.4 Å². The molecule has 0 spiro atoms. The van der Waals surface area contributed by atoms with Crippen LogP contribution in [0.5, 0.6) is 0 Å². The second-order valence-electron chi connectivity index (χ2n) is 5.44. The van der Waals surface area contributed by atoms with Gasteiger partial charge in [0.25, 0.3) is 0 Å². The number of nitrogens with one attached hydrogen (secondary N) is 1. The Morgan fingerprint density at radius 3 is 2.53 bits per heavy atom. The molecule has 1 N–H and O–H groups in total. The molecule has 0 aromatic heterocycles. The summed E-state index contributed by atoms with van der Waals surface area (Å²) in [5.74, 6) is 0.800. The molecular formula is C17H18N2. The van der Waals surface area contributed by atoms with Gasteiger partial charge in [0.05, 0.1) is 11.6 Å². The molecule has 1 unspecified atom stereocenters. The highest BCUT2D eigenvalue weighted by Gasteiger charge is 2.24. The number of nitrogens with zero attached hydrogens (tertiary/aromatic N) is 1. The molecule has 0 heterocycles. The topological polar surface area (TPSA) is 35.8 Å². The van der Waals surface area contributed by atoms with Crippen molar-refractivity contribution >= 4 is 16.5 Å². The lowest BCUT2D eigenvalue weighted by molar-refractivity contribution is 0.285. The number of benzene rings is 2. The maximum absolute atomic E-state index is 9.17. The highest BCUT2D eigenvalue weighted by molar-refractivity contribution is 5.97. The Morgan fingerprint density at radius 1 is 1.16 bits per heavy atom. The van der Waals surface area contributed by atoms with Crippen molar-refractivity contribution in [2.75, 3.05) is 5.32 Å². The van der Waals surface area contributed by atoms with Crippen molar-refractivity contribution in [1.29, 1.82) is 5.26 Å². The molecule has 1 saturated carbocycles. The van der Waals surface area contributed by atoms with E-state index >= 15 is 0 Å². The van der Waals surface area contributed by atoms with Crippen molar-refractivity contribution in [3.8, 4) is 6.07 Å². The first-order chi connectivity index (χ1) is 9.29. The normalized spacial score (nSPS) is 16.6. The zero-order valence-corrected chi connectivity index (χ0v) is 11.2. The second-order valence-corrected chi connectivity index (χ2v) is 5.44. The molecule has 0 saturated heterocycles. The Kier molecular flexibility index (Phi) is 3.13. The van der Waals surface area contributed by atoms with E-state index in [0.29, 0.717) is 6.04 Å². The van der Waals surface area contributed by atoms with Crippen LogP contribution in [0.3, 0.4) is 0 Å². The van der Waals surface area contributed by atoms with Crippen LogP contribution in [0.4, 0.5) is 5.69 Å². The molecule has 0 radical (unpaired) electrons. The molecular weight excluding hydrogens is 232 g/mol. The van der Waals surface area contributed by atoms with Crippen LogP contribution in [0.2, 0.25) is 0 Å². The lowest BCUT2D eigenvalue weighted by Gasteiger charge is -2.32. The third kappa shape index (κ3) is 2.17. The molecule has 0 amide bonds. The van der Waals surface area contributed by atoms with Crippen molar-refractivity contribution in [2.45, 2.75) is 32.2 Å². The van der Waals surface area contributed by atoms with Crippen molar-refractivity contribution in [3.63, 3.8) is 0 Å². The predicted octanol–water partition coefficient (Wildman–Crippen LogP) is 4.31. The van der Waals surface area contributed by atoms with Gasteiger partial charge in [0.1, 0.15) is 0 Å². The molecule has 19 heavy (non-hydrogen) atoms. The zero-order chi connectivity index (χ0) is 13.2. The first-order valence-electron chi connectivity index (χ1n) is 6.98. The van der Waals surface area contributed by atoms with Crippen LogP contribution in [0.1, 0.15) is 31.7 Å². The monoisotopic (exact) mass is 250 g/mol. The molecule has 3 rings (SSSR count). The van der Waals surface area contributed by atoms with Gasteiger partial charge in [0.15, 0.2) is 0 Å². The molecule has 2 heteroatoms. The fourth-order valence-corrected chi connectivity index (χ4v) is 2.83. The summed E-state index contributed by atoms with van der Waals surface area (Å²) in [4.78, 5) is 0. The second kappa shape index (κ2) is 4.93. The molecule has 1 aliphatic rings. The van der Waals surface area contributed by atoms with Gasteiger partial charge < -0.3 is 5.32 Å². The lowest BCUT2D eigenvalue weighted by Crippen LogP contribution is -2.30. The van der Waals surface area contributed by atoms with Crippen LogP contribution in [0.25, 0.3) is 10.8 Å². The third-order valence-corrected chi connectivity index (χ3v) is 4.28. The van der Waals surface area contributed by atoms with E-state index in [1.807, 2.05) is 30.3 Å². The van der Waals surface area contributed by atoms with Crippen molar-refractivity contribution in [2.24, 2.45) is 5.92 Å². The maximum atomic E-state index is 9.17. The molecule has 96 valence electrons. The summed E-state index contributed by atoms with van der Waals surface area (Å²) >= 11 is 0. The van der Waals surface area contributed by atoms with E-state index in [4.69, 9.17) is 0 Å². The number of nitriles is 1. The maximum Gasteiger partial charge on any atom is 0.0998 e. The van der Waals surface area contributed by atoms with Crippen LogP contribution in [-0.2, 0) is 0 Å². The van der Waals surface area contributed by atoms with Gasteiger partial charge in [-0.2, -0.15) is 5.26 Å². The van der Waals surface area contributed by atoms with Crippen LogP contribution >= 0.6 is 0 Å². The Labute approximate surface area is 114 Å². The van der Waals surface area contributed by atoms with Gasteiger partial charge in [0.2, 0.25) is 0 Å². The fourth-order valence-electron chi connectivity index (χ4n) is 2.83. The summed E-state index contributed by atoms with van der Waals surface area (Å²) in [5, 5.41) is 15.0. The number of fused-ring (bicyclic) bond motifs is 1. The van der Waals surface area contributed by atoms with Crippen LogP contribution in [0, 0.1) is 17.2 Å². The van der Waals surface area contributed by atoms with Crippen molar-refractivity contribution < 1.29 is 0 Å². The lowest BCUT2D eigenvalue weighted by atomic mass is 9.80. The number of rotatable bonds is 3. The average molecular weight is 250 g/mol. The van der Waals surface area contributed by atoms with E-state index in [9.17, 15) is 5.26 Å². The van der Waals surface area contributed by atoms with Crippen LogP contribution in [0.15, 0.2) is 36.4 Å². The van der Waals surface area contributed by atoms with Gasteiger partial charge in [-0.25, -0.2) is 0 Å². The van der Waals surface area contributed by atoms with Gasteiger partial charge in [0, 0.05) is 22.5 Å². The van der Waals surface area contributed by atoms with Gasteiger partial charge in [-0.15, -0.1) is 0 Å². The Morgan fingerprint density at radius 2 is 1.89 bits per heavy atom. The quantitative estimate of drug-likeness (QED) is 0.881. The first kappa shape index (κ1) is 12.0. The summed E-state index contributed by atoms with van der Waals surface area (Å²) in [5.41, 5.74) is 1.89. The summed E-state index contributed by atoms with van der Waals surface area (Å²) in [6.45, 7) is 2.26. The van der Waals surface area contributed by atoms with Gasteiger partial charge in [-0.05, 0) is 37.8 Å². The highest BCUT2D eigenvalue weighted by atomic mass is 14.9. The SMILES string of the molecule is CC(Nc1ccc(C#N)c2ccccc12)C1CCC1. The third-order valence-electron chi connectivity index (χ3n) is 4.28. The van der Waals surface area contributed by atoms with E-state index in [1.54, 1.807) is 0 Å². The first-order valence-corrected chi connectivity index (χ1v) is 6.98. The molecule has 2 aromatic carbocycles. The van der Waals surface area contributed by atoms with E-state index in [0.717, 1.165) is 27.9 Å². The Balaban J connectivity index is 1.97. The minimum atomic E-state index is 0.505. The molecule has 1 fully saturated rings. The number of anilines is 1. The van der Waals surface area contributed by atoms with Crippen LogP contribution < -0.4 is 5.32 Å². The zero-order valence-electron chi connectivity index (χ0n) is 11.2. The smallest absolute Gasteiger partial charge is 0.0998 e. The Bertz CT molecular complexity index is 635. The minimum Gasteiger partial charge on any atom is -0.382 e. The van der Waals surface area contributed by atoms with E-state index in [-0.39, 0.29) is 0 Å². The fraction of sp³-hybridized carbons (Fsp3) is 0.353.